The molecule has 20 heavy (non-hydrogen) atoms. The third kappa shape index (κ3) is 4.28. The molecule has 0 aromatic heterocycles. The van der Waals surface area contributed by atoms with Crippen LogP contribution in [-0.4, -0.2) is 28.2 Å². The van der Waals surface area contributed by atoms with Crippen molar-refractivity contribution in [1.29, 1.82) is 0 Å². The lowest BCUT2D eigenvalue weighted by molar-refractivity contribution is 0.129. The van der Waals surface area contributed by atoms with E-state index in [0.29, 0.717) is 25.6 Å². The molecule has 0 amide bonds. The SMILES string of the molecule is Cc1ccc(S(=O)(=O)NCCOCC2CC2)cc1CN. The average Bonchev–Trinajstić information content (AvgIpc) is 3.22. The zero-order valence-corrected chi connectivity index (χ0v) is 12.6. The summed E-state index contributed by atoms with van der Waals surface area (Å²) in [5, 5.41) is 0. The maximum Gasteiger partial charge on any atom is 0.240 e. The molecule has 0 saturated heterocycles. The van der Waals surface area contributed by atoms with Gasteiger partial charge < -0.3 is 10.5 Å². The van der Waals surface area contributed by atoms with Crippen LogP contribution < -0.4 is 10.5 Å². The molecule has 0 atom stereocenters. The van der Waals surface area contributed by atoms with Gasteiger partial charge in [0, 0.05) is 19.7 Å². The van der Waals surface area contributed by atoms with Gasteiger partial charge in [-0.1, -0.05) is 6.07 Å². The van der Waals surface area contributed by atoms with E-state index in [-0.39, 0.29) is 4.90 Å². The number of hydrogen-bond acceptors (Lipinski definition) is 4. The fourth-order valence-electron chi connectivity index (χ4n) is 1.90. The summed E-state index contributed by atoms with van der Waals surface area (Å²) in [4.78, 5) is 0.255. The molecule has 5 nitrogen and oxygen atoms in total. The van der Waals surface area contributed by atoms with Crippen molar-refractivity contribution in [1.82, 2.24) is 4.72 Å². The molecule has 112 valence electrons. The zero-order chi connectivity index (χ0) is 14.6. The van der Waals surface area contributed by atoms with Gasteiger partial charge >= 0.3 is 0 Å². The highest BCUT2D eigenvalue weighted by molar-refractivity contribution is 7.89. The Kier molecular flexibility index (Phi) is 5.15. The summed E-state index contributed by atoms with van der Waals surface area (Å²) in [6, 6.07) is 5.00. The van der Waals surface area contributed by atoms with Crippen molar-refractivity contribution in [2.75, 3.05) is 19.8 Å². The van der Waals surface area contributed by atoms with Gasteiger partial charge in [0.15, 0.2) is 0 Å². The molecule has 1 aromatic rings. The van der Waals surface area contributed by atoms with Crippen molar-refractivity contribution in [2.45, 2.75) is 31.2 Å². The Morgan fingerprint density at radius 3 is 2.80 bits per heavy atom. The normalized spacial score (nSPS) is 15.5. The minimum Gasteiger partial charge on any atom is -0.380 e. The molecule has 0 bridgehead atoms. The van der Waals surface area contributed by atoms with Gasteiger partial charge in [-0.15, -0.1) is 0 Å². The van der Waals surface area contributed by atoms with Gasteiger partial charge in [0.1, 0.15) is 0 Å². The van der Waals surface area contributed by atoms with Crippen molar-refractivity contribution >= 4 is 10.0 Å². The van der Waals surface area contributed by atoms with E-state index in [1.54, 1.807) is 18.2 Å². The number of nitrogens with two attached hydrogens (primary N) is 1. The molecule has 1 aromatic carbocycles. The van der Waals surface area contributed by atoms with Gasteiger partial charge in [-0.2, -0.15) is 0 Å². The lowest BCUT2D eigenvalue weighted by Gasteiger charge is -2.10. The molecular formula is C14H22N2O3S. The monoisotopic (exact) mass is 298 g/mol. The maximum atomic E-state index is 12.1. The maximum absolute atomic E-state index is 12.1. The van der Waals surface area contributed by atoms with Crippen molar-refractivity contribution in [2.24, 2.45) is 11.7 Å². The first-order valence-electron chi connectivity index (χ1n) is 6.90. The molecule has 1 aliphatic carbocycles. The Hall–Kier alpha value is -0.950. The molecule has 0 unspecified atom stereocenters. The van der Waals surface area contributed by atoms with Crippen LogP contribution in [0.25, 0.3) is 0 Å². The summed E-state index contributed by atoms with van der Waals surface area (Å²) in [7, 11) is -3.48. The second kappa shape index (κ2) is 6.67. The molecule has 3 N–H and O–H groups in total. The van der Waals surface area contributed by atoms with Gasteiger partial charge in [0.25, 0.3) is 0 Å². The number of nitrogens with one attached hydrogen (secondary N) is 1. The van der Waals surface area contributed by atoms with Crippen LogP contribution >= 0.6 is 0 Å². The van der Waals surface area contributed by atoms with Gasteiger partial charge in [0.2, 0.25) is 10.0 Å². The predicted molar refractivity (Wildman–Crippen MR) is 77.8 cm³/mol. The van der Waals surface area contributed by atoms with Crippen LogP contribution in [0.2, 0.25) is 0 Å². The molecule has 0 aliphatic heterocycles. The van der Waals surface area contributed by atoms with Gasteiger partial charge in [-0.05, 0) is 48.9 Å². The second-order valence-corrected chi connectivity index (χ2v) is 6.98. The van der Waals surface area contributed by atoms with Crippen LogP contribution in [-0.2, 0) is 21.3 Å². The number of sulfonamides is 1. The van der Waals surface area contributed by atoms with E-state index >= 15 is 0 Å². The van der Waals surface area contributed by atoms with E-state index < -0.39 is 10.0 Å². The molecule has 2 rings (SSSR count). The van der Waals surface area contributed by atoms with Crippen molar-refractivity contribution in [3.8, 4) is 0 Å². The number of hydrogen-bond donors (Lipinski definition) is 2. The lowest BCUT2D eigenvalue weighted by atomic mass is 10.1. The minimum atomic E-state index is -3.48. The summed E-state index contributed by atoms with van der Waals surface area (Å²) in [5.74, 6) is 0.691. The van der Waals surface area contributed by atoms with Crippen molar-refractivity contribution < 1.29 is 13.2 Å². The summed E-state index contributed by atoms with van der Waals surface area (Å²) < 4.78 is 32.2. The average molecular weight is 298 g/mol. The Morgan fingerprint density at radius 2 is 2.15 bits per heavy atom. The zero-order valence-electron chi connectivity index (χ0n) is 11.8. The van der Waals surface area contributed by atoms with Gasteiger partial charge in [0.05, 0.1) is 11.5 Å². The van der Waals surface area contributed by atoms with E-state index in [2.05, 4.69) is 4.72 Å². The molecule has 0 radical (unpaired) electrons. The summed E-state index contributed by atoms with van der Waals surface area (Å²) in [5.41, 5.74) is 7.45. The fraction of sp³-hybridized carbons (Fsp3) is 0.571. The smallest absolute Gasteiger partial charge is 0.240 e. The van der Waals surface area contributed by atoms with E-state index in [1.807, 2.05) is 6.92 Å². The first-order valence-corrected chi connectivity index (χ1v) is 8.38. The number of benzene rings is 1. The van der Waals surface area contributed by atoms with Crippen molar-refractivity contribution in [3.63, 3.8) is 0 Å². The Bertz CT molecular complexity index is 554. The minimum absolute atomic E-state index is 0.255. The highest BCUT2D eigenvalue weighted by Gasteiger charge is 2.21. The molecule has 6 heteroatoms. The van der Waals surface area contributed by atoms with E-state index in [1.165, 1.54) is 12.8 Å². The van der Waals surface area contributed by atoms with E-state index in [9.17, 15) is 8.42 Å². The first kappa shape index (κ1) is 15.4. The van der Waals surface area contributed by atoms with Gasteiger partial charge in [-0.25, -0.2) is 13.1 Å². The largest absolute Gasteiger partial charge is 0.380 e. The topological polar surface area (TPSA) is 81.4 Å². The summed E-state index contributed by atoms with van der Waals surface area (Å²) in [6.45, 7) is 3.69. The van der Waals surface area contributed by atoms with Crippen LogP contribution in [0.3, 0.4) is 0 Å². The molecule has 1 saturated carbocycles. The number of ether oxygens (including phenoxy) is 1. The molecule has 0 spiro atoms. The van der Waals surface area contributed by atoms with Crippen LogP contribution in [0.4, 0.5) is 0 Å². The molecule has 1 aliphatic rings. The van der Waals surface area contributed by atoms with Crippen LogP contribution in [0.1, 0.15) is 24.0 Å². The highest BCUT2D eigenvalue weighted by Crippen LogP contribution is 2.28. The molecule has 0 heterocycles. The summed E-state index contributed by atoms with van der Waals surface area (Å²) >= 11 is 0. The van der Waals surface area contributed by atoms with Crippen LogP contribution in [0, 0.1) is 12.8 Å². The van der Waals surface area contributed by atoms with E-state index in [4.69, 9.17) is 10.5 Å². The Morgan fingerprint density at radius 1 is 1.40 bits per heavy atom. The Balaban J connectivity index is 1.88. The van der Waals surface area contributed by atoms with Gasteiger partial charge in [-0.3, -0.25) is 0 Å². The third-order valence-electron chi connectivity index (χ3n) is 3.44. The van der Waals surface area contributed by atoms with Crippen LogP contribution in [0.5, 0.6) is 0 Å². The quantitative estimate of drug-likeness (QED) is 0.706. The highest BCUT2D eigenvalue weighted by atomic mass is 32.2. The fourth-order valence-corrected chi connectivity index (χ4v) is 2.96. The standard InChI is InChI=1S/C14H22N2O3S/c1-11-2-5-14(8-13(11)9-15)20(17,18)16-6-7-19-10-12-3-4-12/h2,5,8,12,16H,3-4,6-7,9-10,15H2,1H3. The molecule has 1 fully saturated rings. The van der Waals surface area contributed by atoms with E-state index in [0.717, 1.165) is 17.7 Å². The van der Waals surface area contributed by atoms with Crippen molar-refractivity contribution in [3.05, 3.63) is 29.3 Å². The lowest BCUT2D eigenvalue weighted by Crippen LogP contribution is -2.28. The first-order chi connectivity index (χ1) is 9.53. The summed E-state index contributed by atoms with van der Waals surface area (Å²) in [6.07, 6.45) is 2.47. The number of rotatable bonds is 8. The molecular weight excluding hydrogens is 276 g/mol. The second-order valence-electron chi connectivity index (χ2n) is 5.21. The van der Waals surface area contributed by atoms with Crippen LogP contribution in [0.15, 0.2) is 23.1 Å². The number of aryl methyl sites for hydroxylation is 1. The third-order valence-corrected chi connectivity index (χ3v) is 4.90. The Labute approximate surface area is 120 Å². The predicted octanol–water partition coefficient (Wildman–Crippen LogP) is 1.16.